The molecule has 146 valence electrons. The van der Waals surface area contributed by atoms with Crippen LogP contribution in [-0.4, -0.2) is 33.2 Å². The van der Waals surface area contributed by atoms with E-state index in [1.165, 1.54) is 72.8 Å². The van der Waals surface area contributed by atoms with Gasteiger partial charge in [0.1, 0.15) is 0 Å². The molecule has 0 unspecified atom stereocenters. The van der Waals surface area contributed by atoms with E-state index in [0.29, 0.717) is 0 Å². The maximum atomic E-state index is 14.6. The smallest absolute Gasteiger partial charge is 0.336 e. The van der Waals surface area contributed by atoms with Gasteiger partial charge in [-0.05, 0) is 36.4 Å². The van der Waals surface area contributed by atoms with Gasteiger partial charge in [0.25, 0.3) is 0 Å². The van der Waals surface area contributed by atoms with E-state index in [0.717, 1.165) is 0 Å². The predicted octanol–water partition coefficient (Wildman–Crippen LogP) is 2.42. The van der Waals surface area contributed by atoms with Gasteiger partial charge >= 0.3 is 17.9 Å². The van der Waals surface area contributed by atoms with Crippen molar-refractivity contribution in [2.24, 2.45) is 0 Å². The van der Waals surface area contributed by atoms with Gasteiger partial charge in [0, 0.05) is 15.9 Å². The van der Waals surface area contributed by atoms with E-state index in [4.69, 9.17) is 0 Å². The molecule has 29 heavy (non-hydrogen) atoms. The molecule has 7 nitrogen and oxygen atoms in total. The van der Waals surface area contributed by atoms with Crippen LogP contribution < -0.4 is 15.9 Å². The van der Waals surface area contributed by atoms with Crippen LogP contribution in [0.3, 0.4) is 0 Å². The summed E-state index contributed by atoms with van der Waals surface area (Å²) >= 11 is 0. The summed E-state index contributed by atoms with van der Waals surface area (Å²) in [4.78, 5) is 35.4. The molecule has 0 saturated heterocycles. The number of carboxylic acid groups (broad SMARTS) is 3. The Morgan fingerprint density at radius 2 is 0.759 bits per heavy atom. The average molecular weight is 410 g/mol. The first-order valence-electron chi connectivity index (χ1n) is 8.37. The molecule has 3 aromatic rings. The molecule has 0 amide bonds. The van der Waals surface area contributed by atoms with E-state index in [9.17, 15) is 34.3 Å². The SMILES string of the molecule is O=C(O)c1ccccc1P(=O)(c1ccccc1C(=O)O)c1ccccc1C(=O)O. The highest BCUT2D eigenvalue weighted by molar-refractivity contribution is 7.85. The summed E-state index contributed by atoms with van der Waals surface area (Å²) < 4.78 is 14.6. The molecule has 3 aromatic carbocycles. The molecule has 0 heterocycles. The summed E-state index contributed by atoms with van der Waals surface area (Å²) in [7, 11) is -4.19. The Morgan fingerprint density at radius 1 is 0.517 bits per heavy atom. The van der Waals surface area contributed by atoms with E-state index in [2.05, 4.69) is 0 Å². The maximum Gasteiger partial charge on any atom is 0.336 e. The third-order valence-electron chi connectivity index (χ3n) is 4.42. The molecule has 3 N–H and O–H groups in total. The lowest BCUT2D eigenvalue weighted by atomic mass is 10.2. The fraction of sp³-hybridized carbons (Fsp3) is 0. The van der Waals surface area contributed by atoms with Gasteiger partial charge < -0.3 is 19.9 Å². The topological polar surface area (TPSA) is 129 Å². The summed E-state index contributed by atoms with van der Waals surface area (Å²) in [5, 5.41) is 28.4. The molecule has 0 fully saturated rings. The molecule has 0 aliphatic heterocycles. The zero-order chi connectivity index (χ0) is 21.2. The molecule has 0 aliphatic rings. The number of hydrogen-bond acceptors (Lipinski definition) is 4. The molecule has 0 aromatic heterocycles. The third kappa shape index (κ3) is 3.44. The second-order valence-electron chi connectivity index (χ2n) is 6.08. The number of benzene rings is 3. The minimum Gasteiger partial charge on any atom is -0.478 e. The summed E-state index contributed by atoms with van der Waals surface area (Å²) in [6.45, 7) is 0. The van der Waals surface area contributed by atoms with Crippen LogP contribution in [0.25, 0.3) is 0 Å². The summed E-state index contributed by atoms with van der Waals surface area (Å²) in [6.07, 6.45) is 0. The van der Waals surface area contributed by atoms with Crippen LogP contribution in [0.2, 0.25) is 0 Å². The minimum absolute atomic E-state index is 0.144. The highest BCUT2D eigenvalue weighted by Gasteiger charge is 2.38. The second kappa shape index (κ2) is 7.73. The highest BCUT2D eigenvalue weighted by atomic mass is 31.2. The van der Waals surface area contributed by atoms with Crippen LogP contribution in [0.15, 0.2) is 72.8 Å². The van der Waals surface area contributed by atoms with Crippen LogP contribution in [0, 0.1) is 0 Å². The standard InChI is InChI=1S/C21H15O7P/c22-19(23)13-7-1-4-10-16(13)29(28,17-11-5-2-8-14(17)20(24)25)18-12-6-3-9-15(18)21(26)27/h1-12H,(H,22,23)(H,24,25)(H,26,27). The van der Waals surface area contributed by atoms with Crippen molar-refractivity contribution in [1.29, 1.82) is 0 Å². The molecule has 0 spiro atoms. The van der Waals surface area contributed by atoms with Crippen LogP contribution in [-0.2, 0) is 4.57 Å². The van der Waals surface area contributed by atoms with Crippen molar-refractivity contribution in [3.05, 3.63) is 89.5 Å². The Bertz CT molecular complexity index is 1040. The maximum absolute atomic E-state index is 14.6. The summed E-state index contributed by atoms with van der Waals surface area (Å²) in [5.74, 6) is -4.08. The Kier molecular flexibility index (Phi) is 5.35. The molecule has 0 atom stereocenters. The number of carboxylic acids is 3. The Hall–Kier alpha value is -3.70. The molecular formula is C21H15O7P. The van der Waals surface area contributed by atoms with Crippen LogP contribution in [0.5, 0.6) is 0 Å². The lowest BCUT2D eigenvalue weighted by Crippen LogP contribution is -2.34. The van der Waals surface area contributed by atoms with Crippen molar-refractivity contribution in [1.82, 2.24) is 0 Å². The molecule has 3 rings (SSSR count). The van der Waals surface area contributed by atoms with Crippen molar-refractivity contribution in [2.45, 2.75) is 0 Å². The molecule has 0 radical (unpaired) electrons. The van der Waals surface area contributed by atoms with Crippen molar-refractivity contribution >= 4 is 41.0 Å². The van der Waals surface area contributed by atoms with Crippen molar-refractivity contribution < 1.29 is 34.3 Å². The van der Waals surface area contributed by atoms with Crippen LogP contribution >= 0.6 is 7.14 Å². The van der Waals surface area contributed by atoms with Gasteiger partial charge in [-0.25, -0.2) is 14.4 Å². The average Bonchev–Trinajstić information content (AvgIpc) is 2.73. The lowest BCUT2D eigenvalue weighted by molar-refractivity contribution is 0.0688. The van der Waals surface area contributed by atoms with E-state index in [1.807, 2.05) is 0 Å². The lowest BCUT2D eigenvalue weighted by Gasteiger charge is -2.24. The van der Waals surface area contributed by atoms with E-state index in [-0.39, 0.29) is 32.6 Å². The largest absolute Gasteiger partial charge is 0.478 e. The Balaban J connectivity index is 2.53. The first-order chi connectivity index (χ1) is 13.8. The van der Waals surface area contributed by atoms with Crippen LogP contribution in [0.4, 0.5) is 0 Å². The number of aromatic carboxylic acids is 3. The monoisotopic (exact) mass is 410 g/mol. The summed E-state index contributed by atoms with van der Waals surface area (Å²) in [6, 6.07) is 16.5. The van der Waals surface area contributed by atoms with E-state index in [1.54, 1.807) is 0 Å². The van der Waals surface area contributed by atoms with Gasteiger partial charge in [0.15, 0.2) is 7.14 Å². The van der Waals surface area contributed by atoms with Gasteiger partial charge in [-0.1, -0.05) is 36.4 Å². The van der Waals surface area contributed by atoms with Gasteiger partial charge in [0.2, 0.25) is 0 Å². The quantitative estimate of drug-likeness (QED) is 0.532. The predicted molar refractivity (Wildman–Crippen MR) is 107 cm³/mol. The Labute approximate surface area is 165 Å². The highest BCUT2D eigenvalue weighted by Crippen LogP contribution is 2.45. The van der Waals surface area contributed by atoms with Crippen molar-refractivity contribution in [3.8, 4) is 0 Å². The minimum atomic E-state index is -4.19. The summed E-state index contributed by atoms with van der Waals surface area (Å²) in [5.41, 5.74) is -0.886. The van der Waals surface area contributed by atoms with Gasteiger partial charge in [0.05, 0.1) is 16.7 Å². The van der Waals surface area contributed by atoms with E-state index >= 15 is 0 Å². The van der Waals surface area contributed by atoms with Crippen molar-refractivity contribution in [3.63, 3.8) is 0 Å². The zero-order valence-electron chi connectivity index (χ0n) is 14.9. The zero-order valence-corrected chi connectivity index (χ0v) is 15.7. The number of hydrogen-bond donors (Lipinski definition) is 3. The molecule has 8 heteroatoms. The van der Waals surface area contributed by atoms with E-state index < -0.39 is 25.0 Å². The molecule has 0 saturated carbocycles. The van der Waals surface area contributed by atoms with Gasteiger partial charge in [-0.3, -0.25) is 0 Å². The Morgan fingerprint density at radius 3 is 1.00 bits per heavy atom. The molecule has 0 bridgehead atoms. The number of rotatable bonds is 6. The normalized spacial score (nSPS) is 11.0. The first-order valence-corrected chi connectivity index (χ1v) is 10.1. The fourth-order valence-electron chi connectivity index (χ4n) is 3.18. The number of carbonyl (C=O) groups is 3. The van der Waals surface area contributed by atoms with Crippen LogP contribution in [0.1, 0.15) is 31.1 Å². The third-order valence-corrected chi connectivity index (χ3v) is 7.63. The van der Waals surface area contributed by atoms with Crippen molar-refractivity contribution in [2.75, 3.05) is 0 Å². The van der Waals surface area contributed by atoms with Gasteiger partial charge in [-0.2, -0.15) is 0 Å². The first kappa shape index (κ1) is 20.0. The van der Waals surface area contributed by atoms with Gasteiger partial charge in [-0.15, -0.1) is 0 Å². The molecule has 0 aliphatic carbocycles. The second-order valence-corrected chi connectivity index (χ2v) is 8.74. The fourth-order valence-corrected chi connectivity index (χ4v) is 6.37. The molecular weight excluding hydrogens is 395 g/mol.